The molecule has 8 nitrogen and oxygen atoms in total. The molecular formula is C17H14BrClN2O6. The number of halogens is 2. The van der Waals surface area contributed by atoms with Crippen LogP contribution >= 0.6 is 27.5 Å². The number of carbonyl (C=O) groups excluding carboxylic acids is 2. The van der Waals surface area contributed by atoms with Crippen molar-refractivity contribution in [2.75, 3.05) is 19.8 Å². The molecule has 142 valence electrons. The van der Waals surface area contributed by atoms with Gasteiger partial charge < -0.3 is 14.8 Å². The number of nitro benzene ring substituents is 1. The number of carbonyl (C=O) groups is 2. The van der Waals surface area contributed by atoms with Gasteiger partial charge in [0.25, 0.3) is 11.6 Å². The van der Waals surface area contributed by atoms with Gasteiger partial charge in [-0.2, -0.15) is 0 Å². The maximum atomic E-state index is 12.0. The van der Waals surface area contributed by atoms with Crippen LogP contribution in [0.1, 0.15) is 10.4 Å². The molecule has 0 saturated carbocycles. The Hall–Kier alpha value is -2.65. The van der Waals surface area contributed by atoms with Gasteiger partial charge in [0.2, 0.25) is 0 Å². The lowest BCUT2D eigenvalue weighted by atomic mass is 10.2. The number of nitrogens with zero attached hydrogens (tertiary/aromatic N) is 1. The number of nitro groups is 1. The minimum Gasteiger partial charge on any atom is -0.490 e. The van der Waals surface area contributed by atoms with E-state index in [0.717, 1.165) is 16.6 Å². The molecule has 0 radical (unpaired) electrons. The highest BCUT2D eigenvalue weighted by molar-refractivity contribution is 9.10. The third-order valence-electron chi connectivity index (χ3n) is 3.18. The molecule has 0 heterocycles. The Morgan fingerprint density at radius 2 is 1.85 bits per heavy atom. The van der Waals surface area contributed by atoms with E-state index in [1.165, 1.54) is 6.07 Å². The number of esters is 1. The van der Waals surface area contributed by atoms with Gasteiger partial charge in [0.15, 0.2) is 0 Å². The summed E-state index contributed by atoms with van der Waals surface area (Å²) in [6.07, 6.45) is 0. The van der Waals surface area contributed by atoms with Crippen molar-refractivity contribution in [1.29, 1.82) is 0 Å². The molecule has 2 aromatic rings. The van der Waals surface area contributed by atoms with Crippen LogP contribution in [0.25, 0.3) is 0 Å². The summed E-state index contributed by atoms with van der Waals surface area (Å²) in [5.74, 6) is -0.715. The first-order valence-electron chi connectivity index (χ1n) is 7.62. The van der Waals surface area contributed by atoms with Gasteiger partial charge in [0, 0.05) is 27.2 Å². The summed E-state index contributed by atoms with van der Waals surface area (Å²) < 4.78 is 11.2. The van der Waals surface area contributed by atoms with Gasteiger partial charge in [-0.05, 0) is 30.3 Å². The highest BCUT2D eigenvalue weighted by Gasteiger charge is 2.15. The van der Waals surface area contributed by atoms with Crippen molar-refractivity contribution in [1.82, 2.24) is 5.32 Å². The molecule has 0 fully saturated rings. The van der Waals surface area contributed by atoms with Gasteiger partial charge >= 0.3 is 5.97 Å². The van der Waals surface area contributed by atoms with Gasteiger partial charge in [-0.15, -0.1) is 0 Å². The molecular weight excluding hydrogens is 444 g/mol. The summed E-state index contributed by atoms with van der Waals surface area (Å²) in [6.45, 7) is -0.230. The lowest BCUT2D eigenvalue weighted by Crippen LogP contribution is -2.31. The molecule has 1 N–H and O–H groups in total. The average molecular weight is 458 g/mol. The molecule has 2 aromatic carbocycles. The number of ether oxygens (including phenoxy) is 2. The SMILES string of the molecule is O=C(CNC(=O)c1cc(Cl)cc([N+](=O)[O-])c1)OCCOc1ccc(Br)cc1. The zero-order chi connectivity index (χ0) is 19.8. The molecule has 0 atom stereocenters. The largest absolute Gasteiger partial charge is 0.490 e. The Morgan fingerprint density at radius 1 is 1.15 bits per heavy atom. The third kappa shape index (κ3) is 6.87. The molecule has 0 aliphatic heterocycles. The van der Waals surface area contributed by atoms with Gasteiger partial charge in [-0.3, -0.25) is 19.7 Å². The predicted molar refractivity (Wildman–Crippen MR) is 101 cm³/mol. The van der Waals surface area contributed by atoms with Crippen molar-refractivity contribution in [2.24, 2.45) is 0 Å². The molecule has 1 amide bonds. The predicted octanol–water partition coefficient (Wildman–Crippen LogP) is 3.36. The Bertz CT molecular complexity index is 844. The summed E-state index contributed by atoms with van der Waals surface area (Å²) >= 11 is 9.06. The van der Waals surface area contributed by atoms with Crippen LogP contribution in [-0.2, 0) is 9.53 Å². The molecule has 0 spiro atoms. The van der Waals surface area contributed by atoms with Crippen molar-refractivity contribution in [2.45, 2.75) is 0 Å². The van der Waals surface area contributed by atoms with Crippen LogP contribution < -0.4 is 10.1 Å². The quantitative estimate of drug-likeness (QED) is 0.282. The van der Waals surface area contributed by atoms with Crippen LogP contribution in [0.15, 0.2) is 46.9 Å². The molecule has 0 unspecified atom stereocenters. The lowest BCUT2D eigenvalue weighted by molar-refractivity contribution is -0.384. The van der Waals surface area contributed by atoms with E-state index in [2.05, 4.69) is 21.2 Å². The molecule has 10 heteroatoms. The summed E-state index contributed by atoms with van der Waals surface area (Å²) in [4.78, 5) is 33.8. The normalized spacial score (nSPS) is 10.1. The second-order valence-corrected chi connectivity index (χ2v) is 6.51. The highest BCUT2D eigenvalue weighted by Crippen LogP contribution is 2.20. The number of hydrogen-bond acceptors (Lipinski definition) is 6. The Balaban J connectivity index is 1.74. The third-order valence-corrected chi connectivity index (χ3v) is 3.92. The number of nitrogens with one attached hydrogen (secondary N) is 1. The summed E-state index contributed by atoms with van der Waals surface area (Å²) in [5.41, 5.74) is -0.346. The second kappa shape index (κ2) is 9.89. The number of amides is 1. The molecule has 0 saturated heterocycles. The van der Waals surface area contributed by atoms with E-state index in [1.54, 1.807) is 12.1 Å². The second-order valence-electron chi connectivity index (χ2n) is 5.16. The van der Waals surface area contributed by atoms with Crippen LogP contribution in [0.4, 0.5) is 5.69 Å². The van der Waals surface area contributed by atoms with Gasteiger partial charge in [-0.25, -0.2) is 0 Å². The Kier molecular flexibility index (Phi) is 7.56. The van der Waals surface area contributed by atoms with E-state index >= 15 is 0 Å². The number of non-ortho nitro benzene ring substituents is 1. The molecule has 0 aliphatic carbocycles. The molecule has 0 aliphatic rings. The smallest absolute Gasteiger partial charge is 0.325 e. The lowest BCUT2D eigenvalue weighted by Gasteiger charge is -2.08. The highest BCUT2D eigenvalue weighted by atomic mass is 79.9. The zero-order valence-corrected chi connectivity index (χ0v) is 16.2. The zero-order valence-electron chi connectivity index (χ0n) is 13.8. The topological polar surface area (TPSA) is 108 Å². The first-order valence-corrected chi connectivity index (χ1v) is 8.79. The summed E-state index contributed by atoms with van der Waals surface area (Å²) in [7, 11) is 0. The van der Waals surface area contributed by atoms with Crippen molar-refractivity contribution in [3.05, 3.63) is 67.6 Å². The monoisotopic (exact) mass is 456 g/mol. The molecule has 0 bridgehead atoms. The minimum atomic E-state index is -0.677. The minimum absolute atomic E-state index is 0.00735. The van der Waals surface area contributed by atoms with Gasteiger partial charge in [0.1, 0.15) is 25.5 Å². The van der Waals surface area contributed by atoms with Crippen LogP contribution in [0.3, 0.4) is 0 Å². The average Bonchev–Trinajstić information content (AvgIpc) is 2.64. The van der Waals surface area contributed by atoms with Crippen LogP contribution in [-0.4, -0.2) is 36.6 Å². The van der Waals surface area contributed by atoms with E-state index in [1.807, 2.05) is 12.1 Å². The summed E-state index contributed by atoms with van der Waals surface area (Å²) in [5, 5.41) is 13.1. The number of benzene rings is 2. The molecule has 27 heavy (non-hydrogen) atoms. The van der Waals surface area contributed by atoms with E-state index < -0.39 is 23.3 Å². The van der Waals surface area contributed by atoms with Crippen molar-refractivity contribution in [3.8, 4) is 5.75 Å². The Morgan fingerprint density at radius 3 is 2.52 bits per heavy atom. The number of hydrogen-bond donors (Lipinski definition) is 1. The molecule has 0 aromatic heterocycles. The van der Waals surface area contributed by atoms with E-state index in [4.69, 9.17) is 21.1 Å². The van der Waals surface area contributed by atoms with E-state index in [9.17, 15) is 19.7 Å². The van der Waals surface area contributed by atoms with Crippen molar-refractivity contribution >= 4 is 45.1 Å². The van der Waals surface area contributed by atoms with E-state index in [-0.39, 0.29) is 29.5 Å². The molecule has 2 rings (SSSR count). The van der Waals surface area contributed by atoms with Gasteiger partial charge in [-0.1, -0.05) is 27.5 Å². The fourth-order valence-electron chi connectivity index (χ4n) is 1.96. The summed E-state index contributed by atoms with van der Waals surface area (Å²) in [6, 6.07) is 10.6. The fraction of sp³-hybridized carbons (Fsp3) is 0.176. The van der Waals surface area contributed by atoms with Gasteiger partial charge in [0.05, 0.1) is 4.92 Å². The van der Waals surface area contributed by atoms with Crippen LogP contribution in [0.2, 0.25) is 5.02 Å². The standard InChI is InChI=1S/C17H14BrClN2O6/c18-12-1-3-15(4-2-12)26-5-6-27-16(22)10-20-17(23)11-7-13(19)9-14(8-11)21(24)25/h1-4,7-9H,5-6,10H2,(H,20,23). The van der Waals surface area contributed by atoms with Crippen LogP contribution in [0, 0.1) is 10.1 Å². The number of rotatable bonds is 8. The maximum absolute atomic E-state index is 12.0. The van der Waals surface area contributed by atoms with Crippen molar-refractivity contribution < 1.29 is 24.0 Å². The van der Waals surface area contributed by atoms with Crippen LogP contribution in [0.5, 0.6) is 5.75 Å². The van der Waals surface area contributed by atoms with Crippen molar-refractivity contribution in [3.63, 3.8) is 0 Å². The first kappa shape index (κ1) is 20.7. The fourth-order valence-corrected chi connectivity index (χ4v) is 2.46. The Labute approximate surface area is 167 Å². The van der Waals surface area contributed by atoms with E-state index in [0.29, 0.717) is 5.75 Å². The maximum Gasteiger partial charge on any atom is 0.325 e. The first-order chi connectivity index (χ1) is 12.8.